The summed E-state index contributed by atoms with van der Waals surface area (Å²) in [6.07, 6.45) is 4.24. The summed E-state index contributed by atoms with van der Waals surface area (Å²) >= 11 is 0. The van der Waals surface area contributed by atoms with Gasteiger partial charge in [0.1, 0.15) is 17.3 Å². The molecule has 328 valence electrons. The fourth-order valence-electron chi connectivity index (χ4n) is 9.45. The van der Waals surface area contributed by atoms with Crippen molar-refractivity contribution in [1.82, 2.24) is 9.55 Å². The van der Waals surface area contributed by atoms with Crippen LogP contribution in [0.15, 0.2) is 194 Å². The molecule has 66 heavy (non-hydrogen) atoms. The lowest BCUT2D eigenvalue weighted by Gasteiger charge is -2.28. The minimum absolute atomic E-state index is 0.0306. The Kier molecular flexibility index (Phi) is 10.7. The summed E-state index contributed by atoms with van der Waals surface area (Å²) in [6, 6.07) is 65.3. The quantitative estimate of drug-likeness (QED) is 0.145. The highest BCUT2D eigenvalue weighted by Gasteiger charge is 2.31. The first-order valence-corrected chi connectivity index (χ1v) is 23.1. The normalized spacial score (nSPS) is 13.4. The van der Waals surface area contributed by atoms with E-state index in [4.69, 9.17) is 9.72 Å². The van der Waals surface area contributed by atoms with Crippen molar-refractivity contribution in [3.63, 3.8) is 0 Å². The molecule has 10 rings (SSSR count). The Labute approximate surface area is 390 Å². The molecule has 0 unspecified atom stereocenters. The molecule has 3 heterocycles. The molecule has 5 heteroatoms. The van der Waals surface area contributed by atoms with Gasteiger partial charge in [0.05, 0.1) is 23.4 Å². The summed E-state index contributed by atoms with van der Waals surface area (Å²) in [4.78, 5) is 9.79. The Morgan fingerprint density at radius 3 is 1.86 bits per heavy atom. The second kappa shape index (κ2) is 16.6. The van der Waals surface area contributed by atoms with Gasteiger partial charge in [-0.25, -0.2) is 4.98 Å². The molecule has 0 fully saturated rings. The van der Waals surface area contributed by atoms with Crippen LogP contribution < -0.4 is 14.5 Å². The van der Waals surface area contributed by atoms with Crippen LogP contribution in [0.1, 0.15) is 83.2 Å². The fourth-order valence-corrected chi connectivity index (χ4v) is 9.45. The Balaban J connectivity index is 1.09. The largest absolute Gasteiger partial charge is 0.457 e. The van der Waals surface area contributed by atoms with Crippen molar-refractivity contribution in [2.45, 2.75) is 71.6 Å². The van der Waals surface area contributed by atoms with E-state index in [1.54, 1.807) is 0 Å². The van der Waals surface area contributed by atoms with E-state index in [1.165, 1.54) is 44.2 Å². The predicted molar refractivity (Wildman–Crippen MR) is 277 cm³/mol. The van der Waals surface area contributed by atoms with Crippen LogP contribution in [0.4, 0.5) is 11.4 Å². The zero-order valence-electron chi connectivity index (χ0n) is 39.4. The molecule has 0 spiro atoms. The minimum Gasteiger partial charge on any atom is -0.457 e. The van der Waals surface area contributed by atoms with Gasteiger partial charge in [0, 0.05) is 52.1 Å². The van der Waals surface area contributed by atoms with Crippen molar-refractivity contribution in [2.24, 2.45) is 0 Å². The smallest absolute Gasteiger partial charge is 0.137 e. The zero-order chi connectivity index (χ0) is 45.8. The molecular formula is C61H58N4O. The second-order valence-electron chi connectivity index (χ2n) is 20.3. The topological polar surface area (TPSA) is 33.5 Å². The maximum Gasteiger partial charge on any atom is 0.137 e. The number of rotatable bonds is 9. The van der Waals surface area contributed by atoms with Crippen LogP contribution in [-0.4, -0.2) is 16.2 Å². The Morgan fingerprint density at radius 1 is 0.485 bits per heavy atom. The first kappa shape index (κ1) is 42.6. The van der Waals surface area contributed by atoms with Gasteiger partial charge in [-0.3, -0.25) is 4.57 Å². The molecule has 0 bridgehead atoms. The van der Waals surface area contributed by atoms with E-state index in [1.807, 2.05) is 6.20 Å². The monoisotopic (exact) mass is 862 g/mol. The number of aromatic nitrogens is 2. The van der Waals surface area contributed by atoms with E-state index in [0.29, 0.717) is 6.67 Å². The van der Waals surface area contributed by atoms with Crippen LogP contribution >= 0.6 is 0 Å². The van der Waals surface area contributed by atoms with Crippen LogP contribution in [0.3, 0.4) is 0 Å². The predicted octanol–water partition coefficient (Wildman–Crippen LogP) is 15.8. The van der Waals surface area contributed by atoms with Crippen molar-refractivity contribution in [3.05, 3.63) is 222 Å². The lowest BCUT2D eigenvalue weighted by Crippen LogP contribution is -2.26. The van der Waals surface area contributed by atoms with Crippen molar-refractivity contribution >= 4 is 38.9 Å². The summed E-state index contributed by atoms with van der Waals surface area (Å²) in [7, 11) is 0. The zero-order valence-corrected chi connectivity index (χ0v) is 39.4. The molecule has 5 nitrogen and oxygen atoms in total. The average Bonchev–Trinajstić information content (AvgIpc) is 3.92. The maximum atomic E-state index is 7.10. The molecule has 1 aliphatic heterocycles. The molecular weight excluding hydrogens is 805 g/mol. The van der Waals surface area contributed by atoms with Crippen molar-refractivity contribution in [3.8, 4) is 28.4 Å². The molecule has 1 aliphatic rings. The molecule has 0 saturated heterocycles. The first-order chi connectivity index (χ1) is 31.7. The fraction of sp³-hybridized carbons (Fsp3) is 0.197. The number of nitrogens with zero attached hydrogens (tertiary/aromatic N) is 4. The summed E-state index contributed by atoms with van der Waals surface area (Å²) in [5.41, 5.74) is 13.6. The molecule has 0 N–H and O–H groups in total. The van der Waals surface area contributed by atoms with Gasteiger partial charge in [0.25, 0.3) is 0 Å². The van der Waals surface area contributed by atoms with Gasteiger partial charge >= 0.3 is 0 Å². The number of ether oxygens (including phenoxy) is 1. The molecule has 7 aromatic carbocycles. The Bertz CT molecular complexity index is 3240. The third-order valence-corrected chi connectivity index (χ3v) is 13.3. The van der Waals surface area contributed by atoms with Gasteiger partial charge < -0.3 is 14.5 Å². The number of fused-ring (bicyclic) bond motifs is 3. The number of hydrogen-bond acceptors (Lipinski definition) is 4. The van der Waals surface area contributed by atoms with E-state index in [2.05, 4.69) is 258 Å². The van der Waals surface area contributed by atoms with Gasteiger partial charge in [0.2, 0.25) is 0 Å². The van der Waals surface area contributed by atoms with E-state index in [9.17, 15) is 0 Å². The Hall–Kier alpha value is -7.37. The third kappa shape index (κ3) is 8.04. The van der Waals surface area contributed by atoms with Crippen LogP contribution in [0.25, 0.3) is 44.4 Å². The van der Waals surface area contributed by atoms with Crippen LogP contribution in [0.2, 0.25) is 0 Å². The molecule has 0 aliphatic carbocycles. The summed E-state index contributed by atoms with van der Waals surface area (Å²) in [5.74, 6) is 2.42. The van der Waals surface area contributed by atoms with E-state index in [-0.39, 0.29) is 16.2 Å². The Morgan fingerprint density at radius 2 is 1.15 bits per heavy atom. The molecule has 0 amide bonds. The van der Waals surface area contributed by atoms with Crippen molar-refractivity contribution < 1.29 is 4.74 Å². The SMILES string of the molecule is CC(C)(C)c1cc(-c2ccccc2)cc(N2C=C(c3ccccc3)N(c3cccc(Oc4cc(C(C)(C)c5ccccc5)c5c6ccccc6n(-c6cc(C(C)(C)C)ccn6)c5c4)c3)C2)c1. The van der Waals surface area contributed by atoms with Crippen molar-refractivity contribution in [1.29, 1.82) is 0 Å². The van der Waals surface area contributed by atoms with E-state index >= 15 is 0 Å². The van der Waals surface area contributed by atoms with Crippen LogP contribution in [-0.2, 0) is 16.2 Å². The number of para-hydroxylation sites is 1. The van der Waals surface area contributed by atoms with Gasteiger partial charge in [-0.15, -0.1) is 0 Å². The highest BCUT2D eigenvalue weighted by atomic mass is 16.5. The number of pyridine rings is 1. The number of benzene rings is 7. The second-order valence-corrected chi connectivity index (χ2v) is 20.3. The minimum atomic E-state index is -0.366. The van der Waals surface area contributed by atoms with Gasteiger partial charge in [-0.1, -0.05) is 177 Å². The lowest BCUT2D eigenvalue weighted by molar-refractivity contribution is 0.481. The molecule has 9 aromatic rings. The summed E-state index contributed by atoms with van der Waals surface area (Å²) < 4.78 is 9.42. The maximum absolute atomic E-state index is 7.10. The number of anilines is 2. The molecule has 0 radical (unpaired) electrons. The highest BCUT2D eigenvalue weighted by molar-refractivity contribution is 6.12. The number of hydrogen-bond donors (Lipinski definition) is 0. The standard InChI is InChI=1S/C61H58N4O/c1-59(2,3)46-31-32-62-57(36-46)65-54-30-19-18-29-52(54)58-53(61(7,8)45-25-16-11-17-26-45)38-51(39-55(58)65)66-50-28-20-27-48(37-50)64-41-63(40-56(64)43-23-14-10-15-24-43)49-34-44(42-21-12-9-13-22-42)33-47(35-49)60(4,5)6/h9-40H,41H2,1-8H3. The van der Waals surface area contributed by atoms with Gasteiger partial charge in [-0.05, 0) is 98.3 Å². The lowest BCUT2D eigenvalue weighted by atomic mass is 9.76. The van der Waals surface area contributed by atoms with Crippen LogP contribution in [0, 0.1) is 0 Å². The van der Waals surface area contributed by atoms with Crippen LogP contribution in [0.5, 0.6) is 11.5 Å². The van der Waals surface area contributed by atoms with E-state index in [0.717, 1.165) is 51.0 Å². The highest BCUT2D eigenvalue weighted by Crippen LogP contribution is 2.45. The third-order valence-electron chi connectivity index (χ3n) is 13.3. The average molecular weight is 863 g/mol. The summed E-state index contributed by atoms with van der Waals surface area (Å²) in [5, 5.41) is 2.38. The first-order valence-electron chi connectivity index (χ1n) is 23.1. The van der Waals surface area contributed by atoms with E-state index < -0.39 is 0 Å². The molecule has 2 aromatic heterocycles. The van der Waals surface area contributed by atoms with Crippen molar-refractivity contribution in [2.75, 3.05) is 16.5 Å². The van der Waals surface area contributed by atoms with Gasteiger partial charge in [-0.2, -0.15) is 0 Å². The van der Waals surface area contributed by atoms with Gasteiger partial charge in [0.15, 0.2) is 0 Å². The molecule has 0 atom stereocenters. The molecule has 0 saturated carbocycles. The summed E-state index contributed by atoms with van der Waals surface area (Å²) in [6.45, 7) is 18.9.